The number of nitrogens with zero attached hydrogens (tertiary/aromatic N) is 1. The molecule has 0 fully saturated rings. The number of likely N-dealkylation sites (N-methyl/N-ethyl adjacent to an activating group) is 1. The monoisotopic (exact) mass is 322 g/mol. The van der Waals surface area contributed by atoms with Gasteiger partial charge in [-0.25, -0.2) is 9.59 Å². The second-order valence-electron chi connectivity index (χ2n) is 5.10. The summed E-state index contributed by atoms with van der Waals surface area (Å²) in [6.07, 6.45) is 0.713. The molecule has 6 nitrogen and oxygen atoms in total. The molecule has 0 saturated carbocycles. The summed E-state index contributed by atoms with van der Waals surface area (Å²) in [6, 6.07) is 4.51. The Morgan fingerprint density at radius 1 is 1.00 bits per heavy atom. The standard InChI is InChI=1S/C17H26N2O4/c1-4-10-22-16(20)14-8-7-13(18)12-15(14)17(21)23-11-9-19(5-2)6-3/h7-8,12H,4-6,9-11,18H2,1-3H3. The number of hydrogen-bond acceptors (Lipinski definition) is 6. The van der Waals surface area contributed by atoms with Crippen molar-refractivity contribution >= 4 is 17.6 Å². The van der Waals surface area contributed by atoms with Gasteiger partial charge in [0, 0.05) is 12.2 Å². The van der Waals surface area contributed by atoms with Crippen LogP contribution < -0.4 is 5.73 Å². The molecular weight excluding hydrogens is 296 g/mol. The van der Waals surface area contributed by atoms with Crippen LogP contribution in [0.5, 0.6) is 0 Å². The third kappa shape index (κ3) is 5.90. The first-order valence-corrected chi connectivity index (χ1v) is 7.99. The molecule has 0 radical (unpaired) electrons. The molecule has 128 valence electrons. The maximum absolute atomic E-state index is 12.3. The summed E-state index contributed by atoms with van der Waals surface area (Å²) in [7, 11) is 0. The largest absolute Gasteiger partial charge is 0.462 e. The van der Waals surface area contributed by atoms with Crippen LogP contribution in [0, 0.1) is 0 Å². The second-order valence-corrected chi connectivity index (χ2v) is 5.10. The van der Waals surface area contributed by atoms with E-state index in [0.29, 0.717) is 25.3 Å². The van der Waals surface area contributed by atoms with Crippen molar-refractivity contribution < 1.29 is 19.1 Å². The fourth-order valence-electron chi connectivity index (χ4n) is 2.07. The average Bonchev–Trinajstić information content (AvgIpc) is 2.56. The van der Waals surface area contributed by atoms with Gasteiger partial charge in [0.25, 0.3) is 0 Å². The van der Waals surface area contributed by atoms with E-state index in [4.69, 9.17) is 15.2 Å². The van der Waals surface area contributed by atoms with E-state index in [0.717, 1.165) is 13.1 Å². The number of ether oxygens (including phenoxy) is 2. The number of nitrogens with two attached hydrogens (primary N) is 1. The van der Waals surface area contributed by atoms with Gasteiger partial charge in [0.2, 0.25) is 0 Å². The molecule has 1 aromatic rings. The molecule has 6 heteroatoms. The summed E-state index contributed by atoms with van der Waals surface area (Å²) in [5.41, 5.74) is 6.44. The highest BCUT2D eigenvalue weighted by Gasteiger charge is 2.20. The topological polar surface area (TPSA) is 81.9 Å². The van der Waals surface area contributed by atoms with E-state index >= 15 is 0 Å². The van der Waals surface area contributed by atoms with Crippen molar-refractivity contribution in [2.45, 2.75) is 27.2 Å². The molecule has 2 N–H and O–H groups in total. The number of esters is 2. The second kappa shape index (κ2) is 9.84. The van der Waals surface area contributed by atoms with E-state index < -0.39 is 11.9 Å². The van der Waals surface area contributed by atoms with Gasteiger partial charge in [-0.3, -0.25) is 0 Å². The van der Waals surface area contributed by atoms with Gasteiger partial charge < -0.3 is 20.1 Å². The predicted molar refractivity (Wildman–Crippen MR) is 89.5 cm³/mol. The van der Waals surface area contributed by atoms with Gasteiger partial charge in [-0.15, -0.1) is 0 Å². The zero-order valence-electron chi connectivity index (χ0n) is 14.1. The van der Waals surface area contributed by atoms with Gasteiger partial charge in [-0.1, -0.05) is 20.8 Å². The first-order valence-electron chi connectivity index (χ1n) is 7.99. The fourth-order valence-corrected chi connectivity index (χ4v) is 2.07. The normalized spacial score (nSPS) is 10.6. The number of anilines is 1. The molecule has 0 unspecified atom stereocenters. The highest BCUT2D eigenvalue weighted by Crippen LogP contribution is 2.16. The molecule has 1 aromatic carbocycles. The lowest BCUT2D eigenvalue weighted by Gasteiger charge is -2.17. The summed E-state index contributed by atoms with van der Waals surface area (Å²) in [4.78, 5) is 26.4. The minimum Gasteiger partial charge on any atom is -0.462 e. The molecule has 0 aromatic heterocycles. The third-order valence-corrected chi connectivity index (χ3v) is 3.46. The van der Waals surface area contributed by atoms with Crippen molar-refractivity contribution in [1.82, 2.24) is 4.90 Å². The van der Waals surface area contributed by atoms with Crippen LogP contribution in [0.2, 0.25) is 0 Å². The van der Waals surface area contributed by atoms with Gasteiger partial charge in [-0.2, -0.15) is 0 Å². The summed E-state index contributed by atoms with van der Waals surface area (Å²) < 4.78 is 10.4. The Labute approximate surface area is 137 Å². The van der Waals surface area contributed by atoms with Crippen molar-refractivity contribution in [3.8, 4) is 0 Å². The van der Waals surface area contributed by atoms with Crippen molar-refractivity contribution in [2.75, 3.05) is 38.6 Å². The van der Waals surface area contributed by atoms with Crippen LogP contribution in [0.15, 0.2) is 18.2 Å². The van der Waals surface area contributed by atoms with E-state index in [-0.39, 0.29) is 17.7 Å². The molecule has 0 amide bonds. The van der Waals surface area contributed by atoms with E-state index in [2.05, 4.69) is 4.90 Å². The number of carbonyl (C=O) groups is 2. The van der Waals surface area contributed by atoms with Crippen LogP contribution in [0.4, 0.5) is 5.69 Å². The van der Waals surface area contributed by atoms with Crippen molar-refractivity contribution in [3.63, 3.8) is 0 Å². The Morgan fingerprint density at radius 3 is 2.22 bits per heavy atom. The maximum atomic E-state index is 12.3. The average molecular weight is 322 g/mol. The lowest BCUT2D eigenvalue weighted by atomic mass is 10.1. The van der Waals surface area contributed by atoms with Crippen LogP contribution in [-0.2, 0) is 9.47 Å². The Bertz CT molecular complexity index is 527. The number of nitrogen functional groups attached to an aromatic ring is 1. The summed E-state index contributed by atoms with van der Waals surface area (Å²) >= 11 is 0. The molecule has 0 saturated heterocycles. The Morgan fingerprint density at radius 2 is 1.61 bits per heavy atom. The van der Waals surface area contributed by atoms with E-state index in [1.54, 1.807) is 6.07 Å². The molecular formula is C17H26N2O4. The minimum atomic E-state index is -0.562. The first-order chi connectivity index (χ1) is 11.0. The summed E-state index contributed by atoms with van der Waals surface area (Å²) in [6.45, 7) is 8.99. The van der Waals surface area contributed by atoms with E-state index in [1.807, 2.05) is 20.8 Å². The van der Waals surface area contributed by atoms with Crippen LogP contribution in [0.1, 0.15) is 47.9 Å². The fraction of sp³-hybridized carbons (Fsp3) is 0.529. The van der Waals surface area contributed by atoms with Gasteiger partial charge in [0.1, 0.15) is 6.61 Å². The first kappa shape index (κ1) is 19.0. The zero-order chi connectivity index (χ0) is 17.2. The molecule has 0 aliphatic rings. The zero-order valence-corrected chi connectivity index (χ0v) is 14.1. The van der Waals surface area contributed by atoms with Gasteiger partial charge in [0.05, 0.1) is 17.7 Å². The molecule has 0 bridgehead atoms. The van der Waals surface area contributed by atoms with Crippen molar-refractivity contribution in [2.24, 2.45) is 0 Å². The van der Waals surface area contributed by atoms with E-state index in [9.17, 15) is 9.59 Å². The molecule has 0 aliphatic carbocycles. The third-order valence-electron chi connectivity index (χ3n) is 3.46. The van der Waals surface area contributed by atoms with Crippen LogP contribution in [-0.4, -0.2) is 49.7 Å². The number of hydrogen-bond donors (Lipinski definition) is 1. The molecule has 0 atom stereocenters. The smallest absolute Gasteiger partial charge is 0.339 e. The number of rotatable bonds is 9. The molecule has 0 heterocycles. The number of carbonyl (C=O) groups excluding carboxylic acids is 2. The minimum absolute atomic E-state index is 0.144. The van der Waals surface area contributed by atoms with Gasteiger partial charge in [0.15, 0.2) is 0 Å². The SMILES string of the molecule is CCCOC(=O)c1ccc(N)cc1C(=O)OCCN(CC)CC. The predicted octanol–water partition coefficient (Wildman–Crippen LogP) is 2.33. The van der Waals surface area contributed by atoms with Crippen LogP contribution in [0.3, 0.4) is 0 Å². The molecule has 23 heavy (non-hydrogen) atoms. The van der Waals surface area contributed by atoms with Crippen LogP contribution in [0.25, 0.3) is 0 Å². The summed E-state index contributed by atoms with van der Waals surface area (Å²) in [5.74, 6) is -1.10. The summed E-state index contributed by atoms with van der Waals surface area (Å²) in [5, 5.41) is 0. The van der Waals surface area contributed by atoms with Gasteiger partial charge >= 0.3 is 11.9 Å². The lowest BCUT2D eigenvalue weighted by Crippen LogP contribution is -2.28. The highest BCUT2D eigenvalue weighted by molar-refractivity contribution is 6.03. The lowest BCUT2D eigenvalue weighted by molar-refractivity contribution is 0.0435. The molecule has 0 spiro atoms. The quantitative estimate of drug-likeness (QED) is 0.555. The number of benzene rings is 1. The van der Waals surface area contributed by atoms with Crippen molar-refractivity contribution in [3.05, 3.63) is 29.3 Å². The highest BCUT2D eigenvalue weighted by atomic mass is 16.5. The molecule has 1 rings (SSSR count). The van der Waals surface area contributed by atoms with Crippen molar-refractivity contribution in [1.29, 1.82) is 0 Å². The Balaban J connectivity index is 2.78. The maximum Gasteiger partial charge on any atom is 0.339 e. The van der Waals surface area contributed by atoms with E-state index in [1.165, 1.54) is 12.1 Å². The Hall–Kier alpha value is -2.08. The van der Waals surface area contributed by atoms with Gasteiger partial charge in [-0.05, 0) is 37.7 Å². The molecule has 0 aliphatic heterocycles. The van der Waals surface area contributed by atoms with Crippen LogP contribution >= 0.6 is 0 Å². The Kier molecular flexibility index (Phi) is 8.11.